The topological polar surface area (TPSA) is 59.0 Å². The number of methoxy groups -OCH3 is 1. The Kier molecular flexibility index (Phi) is 4.48. The number of carbonyl (C=O) groups is 1. The van der Waals surface area contributed by atoms with Crippen molar-refractivity contribution < 1.29 is 19.4 Å². The first-order chi connectivity index (χ1) is 11.1. The highest BCUT2D eigenvalue weighted by Crippen LogP contribution is 2.49. The van der Waals surface area contributed by atoms with E-state index in [1.54, 1.807) is 7.11 Å². The van der Waals surface area contributed by atoms with Crippen LogP contribution in [0.3, 0.4) is 0 Å². The van der Waals surface area contributed by atoms with Gasteiger partial charge in [0.25, 0.3) is 0 Å². The molecule has 1 N–H and O–H groups in total. The van der Waals surface area contributed by atoms with Gasteiger partial charge in [-0.05, 0) is 45.3 Å². The maximum atomic E-state index is 11.8. The summed E-state index contributed by atoms with van der Waals surface area (Å²) >= 11 is 0. The fraction of sp³-hybridized carbons (Fsp3) is 0.611. The number of para-hydroxylation sites is 1. The zero-order chi connectivity index (χ0) is 16.4. The van der Waals surface area contributed by atoms with Gasteiger partial charge in [-0.2, -0.15) is 0 Å². The van der Waals surface area contributed by atoms with Crippen LogP contribution in [0.15, 0.2) is 18.2 Å². The number of hydrogen-bond donors (Lipinski definition) is 1. The number of hydrogen-bond acceptors (Lipinski definition) is 4. The lowest BCUT2D eigenvalue weighted by molar-refractivity contribution is -0.147. The maximum Gasteiger partial charge on any atom is 0.314 e. The van der Waals surface area contributed by atoms with Crippen molar-refractivity contribution >= 4 is 5.97 Å². The van der Waals surface area contributed by atoms with E-state index in [4.69, 9.17) is 9.47 Å². The minimum Gasteiger partial charge on any atom is -0.493 e. The molecule has 2 fully saturated rings. The molecule has 0 aromatic heterocycles. The van der Waals surface area contributed by atoms with Crippen LogP contribution >= 0.6 is 0 Å². The molecule has 23 heavy (non-hydrogen) atoms. The monoisotopic (exact) mass is 319 g/mol. The van der Waals surface area contributed by atoms with E-state index in [9.17, 15) is 9.90 Å². The van der Waals surface area contributed by atoms with Crippen LogP contribution in [0, 0.1) is 0 Å². The van der Waals surface area contributed by atoms with Crippen LogP contribution in [0.1, 0.15) is 37.7 Å². The minimum atomic E-state index is -0.811. The van der Waals surface area contributed by atoms with Crippen molar-refractivity contribution in [1.29, 1.82) is 0 Å². The van der Waals surface area contributed by atoms with Crippen LogP contribution in [-0.4, -0.2) is 49.3 Å². The van der Waals surface area contributed by atoms with Gasteiger partial charge in [0.1, 0.15) is 6.10 Å². The number of piperidine rings is 1. The van der Waals surface area contributed by atoms with E-state index in [1.165, 1.54) is 0 Å². The number of ether oxygens (including phenoxy) is 2. The Balaban J connectivity index is 1.89. The van der Waals surface area contributed by atoms with E-state index in [1.807, 2.05) is 18.2 Å². The highest BCUT2D eigenvalue weighted by Gasteiger charge is 2.48. The van der Waals surface area contributed by atoms with Gasteiger partial charge in [-0.3, -0.25) is 4.79 Å². The quantitative estimate of drug-likeness (QED) is 0.904. The number of rotatable bonds is 5. The predicted molar refractivity (Wildman–Crippen MR) is 87.3 cm³/mol. The van der Waals surface area contributed by atoms with E-state index < -0.39 is 11.4 Å². The van der Waals surface area contributed by atoms with E-state index in [0.29, 0.717) is 24.3 Å². The number of carboxylic acid groups (broad SMARTS) is 1. The molecular formula is C18H25NO4. The molecule has 0 spiro atoms. The zero-order valence-corrected chi connectivity index (χ0v) is 13.9. The Bertz CT molecular complexity index is 582. The Morgan fingerprint density at radius 3 is 2.70 bits per heavy atom. The Hall–Kier alpha value is -1.75. The van der Waals surface area contributed by atoms with Crippen molar-refractivity contribution in [2.45, 2.75) is 43.6 Å². The number of benzene rings is 1. The van der Waals surface area contributed by atoms with Crippen molar-refractivity contribution in [3.05, 3.63) is 23.8 Å². The van der Waals surface area contributed by atoms with Crippen molar-refractivity contribution in [3.8, 4) is 11.5 Å². The molecule has 5 heteroatoms. The Labute approximate surface area is 137 Å². The van der Waals surface area contributed by atoms with Gasteiger partial charge in [0.15, 0.2) is 11.5 Å². The molecule has 126 valence electrons. The summed E-state index contributed by atoms with van der Waals surface area (Å²) in [5.41, 5.74) is -0.0611. The molecule has 1 unspecified atom stereocenters. The molecule has 0 radical (unpaired) electrons. The van der Waals surface area contributed by atoms with E-state index in [2.05, 4.69) is 11.9 Å². The smallest absolute Gasteiger partial charge is 0.314 e. The first-order valence-corrected chi connectivity index (χ1v) is 8.33. The van der Waals surface area contributed by atoms with Gasteiger partial charge in [-0.25, -0.2) is 0 Å². The van der Waals surface area contributed by atoms with Crippen molar-refractivity contribution in [3.63, 3.8) is 0 Å². The van der Waals surface area contributed by atoms with Crippen molar-refractivity contribution in [2.75, 3.05) is 27.2 Å². The largest absolute Gasteiger partial charge is 0.493 e. The third-order valence-corrected chi connectivity index (χ3v) is 5.19. The number of nitrogens with zero attached hydrogens (tertiary/aromatic N) is 1. The zero-order valence-electron chi connectivity index (χ0n) is 13.9. The molecule has 1 aromatic carbocycles. The third-order valence-electron chi connectivity index (χ3n) is 5.19. The maximum absolute atomic E-state index is 11.8. The average Bonchev–Trinajstić information content (AvgIpc) is 2.46. The molecule has 1 saturated heterocycles. The molecule has 1 saturated carbocycles. The second-order valence-electron chi connectivity index (χ2n) is 6.72. The standard InChI is InChI=1S/C18H25NO4/c1-19-11-4-6-13(12-19)23-15-8-3-7-14(16(15)22-2)18(17(20)21)9-5-10-18/h3,7-8,13H,4-6,9-12H2,1-2H3,(H,20,21). The lowest BCUT2D eigenvalue weighted by Crippen LogP contribution is -2.42. The lowest BCUT2D eigenvalue weighted by Gasteiger charge is -2.39. The molecule has 0 amide bonds. The molecule has 1 aromatic rings. The van der Waals surface area contributed by atoms with Crippen LogP contribution < -0.4 is 9.47 Å². The molecule has 1 aliphatic carbocycles. The molecule has 2 aliphatic rings. The summed E-state index contributed by atoms with van der Waals surface area (Å²) in [6.07, 6.45) is 4.51. The van der Waals surface area contributed by atoms with E-state index in [-0.39, 0.29) is 6.10 Å². The number of carboxylic acids is 1. The van der Waals surface area contributed by atoms with Gasteiger partial charge < -0.3 is 19.5 Å². The van der Waals surface area contributed by atoms with Crippen LogP contribution in [-0.2, 0) is 10.2 Å². The van der Waals surface area contributed by atoms with Gasteiger partial charge in [0.05, 0.1) is 12.5 Å². The van der Waals surface area contributed by atoms with Gasteiger partial charge in [-0.1, -0.05) is 18.6 Å². The normalized spacial score (nSPS) is 23.8. The summed E-state index contributed by atoms with van der Waals surface area (Å²) in [4.78, 5) is 14.1. The number of likely N-dealkylation sites (N-methyl/N-ethyl adjacent to an activating group) is 1. The summed E-state index contributed by atoms with van der Waals surface area (Å²) in [6, 6.07) is 5.62. The fourth-order valence-electron chi connectivity index (χ4n) is 3.72. The first kappa shape index (κ1) is 16.1. The summed E-state index contributed by atoms with van der Waals surface area (Å²) in [5.74, 6) is 0.484. The molecule has 3 rings (SSSR count). The minimum absolute atomic E-state index is 0.125. The fourth-order valence-corrected chi connectivity index (χ4v) is 3.72. The van der Waals surface area contributed by atoms with Gasteiger partial charge >= 0.3 is 5.97 Å². The van der Waals surface area contributed by atoms with Crippen molar-refractivity contribution in [2.24, 2.45) is 0 Å². The van der Waals surface area contributed by atoms with Crippen LogP contribution in [0.5, 0.6) is 11.5 Å². The summed E-state index contributed by atoms with van der Waals surface area (Å²) in [6.45, 7) is 1.98. The van der Waals surface area contributed by atoms with Gasteiger partial charge in [-0.15, -0.1) is 0 Å². The van der Waals surface area contributed by atoms with Crippen LogP contribution in [0.4, 0.5) is 0 Å². The highest BCUT2D eigenvalue weighted by molar-refractivity contribution is 5.84. The number of likely N-dealkylation sites (tertiary alicyclic amines) is 1. The molecule has 5 nitrogen and oxygen atoms in total. The number of aliphatic carboxylic acids is 1. The summed E-state index contributed by atoms with van der Waals surface area (Å²) in [5, 5.41) is 9.70. The van der Waals surface area contributed by atoms with Crippen molar-refractivity contribution in [1.82, 2.24) is 4.90 Å². The summed E-state index contributed by atoms with van der Waals surface area (Å²) < 4.78 is 11.7. The Morgan fingerprint density at radius 2 is 2.13 bits per heavy atom. The molecule has 1 atom stereocenters. The van der Waals surface area contributed by atoms with E-state index >= 15 is 0 Å². The summed E-state index contributed by atoms with van der Waals surface area (Å²) in [7, 11) is 3.68. The van der Waals surface area contributed by atoms with Crippen LogP contribution in [0.2, 0.25) is 0 Å². The molecule has 1 aliphatic heterocycles. The average molecular weight is 319 g/mol. The second kappa shape index (κ2) is 6.40. The third kappa shape index (κ3) is 2.90. The van der Waals surface area contributed by atoms with Crippen LogP contribution in [0.25, 0.3) is 0 Å². The predicted octanol–water partition coefficient (Wildman–Crippen LogP) is 2.67. The lowest BCUT2D eigenvalue weighted by atomic mass is 9.64. The van der Waals surface area contributed by atoms with Gasteiger partial charge in [0, 0.05) is 12.1 Å². The molecule has 1 heterocycles. The highest BCUT2D eigenvalue weighted by atomic mass is 16.5. The molecular weight excluding hydrogens is 294 g/mol. The Morgan fingerprint density at radius 1 is 1.35 bits per heavy atom. The van der Waals surface area contributed by atoms with E-state index in [0.717, 1.165) is 37.9 Å². The SMILES string of the molecule is COc1c(OC2CCCN(C)C2)cccc1C1(C(=O)O)CCC1. The molecule has 0 bridgehead atoms. The second-order valence-corrected chi connectivity index (χ2v) is 6.72. The first-order valence-electron chi connectivity index (χ1n) is 8.33. The van der Waals surface area contributed by atoms with Gasteiger partial charge in [0.2, 0.25) is 0 Å².